The molecule has 0 rings (SSSR count). The van der Waals surface area contributed by atoms with Crippen molar-refractivity contribution >= 4 is 23.6 Å². The highest BCUT2D eigenvalue weighted by molar-refractivity contribution is 6.42. The van der Waals surface area contributed by atoms with E-state index in [4.69, 9.17) is 17.1 Å². The number of carbonyl (C=O) groups is 1. The van der Waals surface area contributed by atoms with Crippen LogP contribution >= 0.6 is 11.6 Å². The van der Waals surface area contributed by atoms with Crippen molar-refractivity contribution in [1.29, 1.82) is 0 Å². The quantitative estimate of drug-likeness (QED) is 0.261. The molecule has 0 N–H and O–H groups in total. The molecular weight excluding hydrogens is 156 g/mol. The number of nitrogens with zero attached hydrogens (tertiary/aromatic N) is 2. The second-order valence-corrected chi connectivity index (χ2v) is 1.81. The average Bonchev–Trinajstić information content (AvgIpc) is 1.89. The standard InChI is InChI=1S/C5H7ClN2O2/c1-2-10-5(6)4(9)3-8-7/h3,5H,2H2,1H3. The van der Waals surface area contributed by atoms with Crippen molar-refractivity contribution in [3.8, 4) is 0 Å². The van der Waals surface area contributed by atoms with E-state index in [0.29, 0.717) is 12.8 Å². The predicted octanol–water partition coefficient (Wildman–Crippen LogP) is 0.458. The summed E-state index contributed by atoms with van der Waals surface area (Å²) in [5, 5.41) is 0. The smallest absolute Gasteiger partial charge is 0.327 e. The third-order valence-electron chi connectivity index (χ3n) is 0.722. The fourth-order valence-electron chi connectivity index (χ4n) is 0.344. The molecule has 5 heteroatoms. The summed E-state index contributed by atoms with van der Waals surface area (Å²) in [6.07, 6.45) is 0.702. The van der Waals surface area contributed by atoms with Crippen LogP contribution in [0.15, 0.2) is 0 Å². The van der Waals surface area contributed by atoms with Crippen molar-refractivity contribution in [1.82, 2.24) is 0 Å². The van der Waals surface area contributed by atoms with Crippen LogP contribution in [0.25, 0.3) is 5.53 Å². The Bertz CT molecular complexity index is 165. The van der Waals surface area contributed by atoms with Crippen molar-refractivity contribution in [2.24, 2.45) is 0 Å². The van der Waals surface area contributed by atoms with E-state index in [2.05, 4.69) is 9.53 Å². The third kappa shape index (κ3) is 3.35. The molecule has 0 heterocycles. The average molecular weight is 163 g/mol. The molecule has 1 atom stereocenters. The number of ketones is 1. The van der Waals surface area contributed by atoms with Gasteiger partial charge in [-0.25, -0.2) is 0 Å². The Balaban J connectivity index is 3.81. The van der Waals surface area contributed by atoms with Crippen LogP contribution in [0.4, 0.5) is 0 Å². The molecule has 1 unspecified atom stereocenters. The lowest BCUT2D eigenvalue weighted by molar-refractivity contribution is -0.122. The summed E-state index contributed by atoms with van der Waals surface area (Å²) in [5.41, 5.74) is 6.85. The van der Waals surface area contributed by atoms with E-state index in [1.165, 1.54) is 0 Å². The Hall–Kier alpha value is -0.700. The summed E-state index contributed by atoms with van der Waals surface area (Å²) >= 11 is 5.34. The van der Waals surface area contributed by atoms with Gasteiger partial charge < -0.3 is 10.3 Å². The molecule has 56 valence electrons. The molecule has 0 aromatic heterocycles. The highest BCUT2D eigenvalue weighted by Gasteiger charge is 2.15. The number of hydrogen-bond acceptors (Lipinski definition) is 2. The first-order chi connectivity index (χ1) is 4.72. The molecule has 0 saturated heterocycles. The van der Waals surface area contributed by atoms with Crippen LogP contribution in [0.2, 0.25) is 0 Å². The Morgan fingerprint density at radius 1 is 2.00 bits per heavy atom. The van der Waals surface area contributed by atoms with Crippen molar-refractivity contribution in [2.45, 2.75) is 12.5 Å². The summed E-state index contributed by atoms with van der Waals surface area (Å²) in [6, 6.07) is 0. The molecule has 0 aromatic carbocycles. The van der Waals surface area contributed by atoms with Gasteiger partial charge in [0.2, 0.25) is 5.56 Å². The number of carbonyl (C=O) groups excluding carboxylic acids is 1. The van der Waals surface area contributed by atoms with Crippen LogP contribution in [-0.4, -0.2) is 29.0 Å². The van der Waals surface area contributed by atoms with Gasteiger partial charge in [-0.15, -0.1) is 0 Å². The Morgan fingerprint density at radius 2 is 2.60 bits per heavy atom. The van der Waals surface area contributed by atoms with Crippen LogP contribution in [0, 0.1) is 0 Å². The van der Waals surface area contributed by atoms with E-state index in [-0.39, 0.29) is 0 Å². The van der Waals surface area contributed by atoms with Crippen molar-refractivity contribution in [3.63, 3.8) is 0 Å². The Morgan fingerprint density at radius 3 is 3.00 bits per heavy atom. The fraction of sp³-hybridized carbons (Fsp3) is 0.600. The zero-order valence-corrected chi connectivity index (χ0v) is 6.21. The van der Waals surface area contributed by atoms with Crippen LogP contribution in [0.1, 0.15) is 6.92 Å². The third-order valence-corrected chi connectivity index (χ3v) is 1.06. The van der Waals surface area contributed by atoms with E-state index < -0.39 is 11.3 Å². The second kappa shape index (κ2) is 5.11. The lowest BCUT2D eigenvalue weighted by Crippen LogP contribution is -2.19. The van der Waals surface area contributed by atoms with Crippen LogP contribution in [0.5, 0.6) is 0 Å². The van der Waals surface area contributed by atoms with Gasteiger partial charge >= 0.3 is 6.21 Å². The first-order valence-electron chi connectivity index (χ1n) is 2.69. The first-order valence-corrected chi connectivity index (χ1v) is 3.13. The minimum atomic E-state index is -1.04. The van der Waals surface area contributed by atoms with Crippen molar-refractivity contribution in [3.05, 3.63) is 5.53 Å². The highest BCUT2D eigenvalue weighted by atomic mass is 35.5. The minimum Gasteiger partial charge on any atom is -0.361 e. The maximum atomic E-state index is 10.6. The zero-order valence-electron chi connectivity index (χ0n) is 5.45. The van der Waals surface area contributed by atoms with Gasteiger partial charge in [-0.2, -0.15) is 4.79 Å². The largest absolute Gasteiger partial charge is 0.361 e. The fourth-order valence-corrected chi connectivity index (χ4v) is 0.526. The summed E-state index contributed by atoms with van der Waals surface area (Å²) in [7, 11) is 0. The van der Waals surface area contributed by atoms with Crippen molar-refractivity contribution < 1.29 is 14.3 Å². The topological polar surface area (TPSA) is 62.7 Å². The molecule has 0 aliphatic rings. The van der Waals surface area contributed by atoms with Gasteiger partial charge in [-0.3, -0.25) is 4.79 Å². The van der Waals surface area contributed by atoms with E-state index in [1.807, 2.05) is 0 Å². The highest BCUT2D eigenvalue weighted by Crippen LogP contribution is 1.96. The van der Waals surface area contributed by atoms with Crippen molar-refractivity contribution in [2.75, 3.05) is 6.61 Å². The molecule has 0 aliphatic carbocycles. The molecule has 4 nitrogen and oxygen atoms in total. The molecule has 0 amide bonds. The van der Waals surface area contributed by atoms with E-state index in [9.17, 15) is 4.79 Å². The van der Waals surface area contributed by atoms with Gasteiger partial charge in [-0.1, -0.05) is 11.6 Å². The molecular formula is C5H7ClN2O2. The van der Waals surface area contributed by atoms with E-state index >= 15 is 0 Å². The van der Waals surface area contributed by atoms with Gasteiger partial charge in [-0.05, 0) is 6.92 Å². The number of hydrogen-bond donors (Lipinski definition) is 0. The molecule has 10 heavy (non-hydrogen) atoms. The number of rotatable bonds is 4. The Kier molecular flexibility index (Phi) is 4.76. The lowest BCUT2D eigenvalue weighted by Gasteiger charge is -2.00. The number of ether oxygens (including phenoxy) is 1. The molecule has 0 bridgehead atoms. The molecule has 0 radical (unpaired) electrons. The maximum Gasteiger partial charge on any atom is 0.327 e. The van der Waals surface area contributed by atoms with Crippen LogP contribution in [0.3, 0.4) is 0 Å². The normalized spacial score (nSPS) is 11.8. The molecule has 0 spiro atoms. The minimum absolute atomic E-state index is 0.346. The zero-order chi connectivity index (χ0) is 7.98. The second-order valence-electron chi connectivity index (χ2n) is 1.42. The summed E-state index contributed by atoms with van der Waals surface area (Å²) in [5.74, 6) is -0.564. The monoisotopic (exact) mass is 162 g/mol. The van der Waals surface area contributed by atoms with Gasteiger partial charge in [0, 0.05) is 6.61 Å². The van der Waals surface area contributed by atoms with E-state index in [1.54, 1.807) is 6.92 Å². The number of halogens is 1. The predicted molar refractivity (Wildman–Crippen MR) is 36.0 cm³/mol. The van der Waals surface area contributed by atoms with Crippen LogP contribution in [-0.2, 0) is 9.53 Å². The van der Waals surface area contributed by atoms with Gasteiger partial charge in [0.1, 0.15) is 0 Å². The lowest BCUT2D eigenvalue weighted by atomic mass is 10.4. The molecule has 0 fully saturated rings. The first kappa shape index (κ1) is 9.30. The van der Waals surface area contributed by atoms with E-state index in [0.717, 1.165) is 0 Å². The SMILES string of the molecule is CCOC(Cl)C(=O)C=[N+]=[N-]. The molecule has 0 saturated carbocycles. The maximum absolute atomic E-state index is 10.6. The molecule has 0 aromatic rings. The van der Waals surface area contributed by atoms with Gasteiger partial charge in [0.05, 0.1) is 0 Å². The summed E-state index contributed by atoms with van der Waals surface area (Å²) in [4.78, 5) is 13.1. The number of alkyl halides is 1. The summed E-state index contributed by atoms with van der Waals surface area (Å²) < 4.78 is 4.67. The Labute approximate surface area is 63.4 Å². The number of Topliss-reactive ketones (excluding diaryl/α,β-unsaturated/α-hetero) is 1. The van der Waals surface area contributed by atoms with Gasteiger partial charge in [0.25, 0.3) is 5.78 Å². The van der Waals surface area contributed by atoms with Crippen LogP contribution < -0.4 is 0 Å². The molecule has 0 aliphatic heterocycles. The van der Waals surface area contributed by atoms with Gasteiger partial charge in [0.15, 0.2) is 0 Å². The summed E-state index contributed by atoms with van der Waals surface area (Å²) in [6.45, 7) is 2.05.